The molecule has 0 radical (unpaired) electrons. The largest absolute Gasteiger partial charge is 0.493 e. The molecule has 5 heteroatoms. The summed E-state index contributed by atoms with van der Waals surface area (Å²) in [5.74, 6) is 0.375. The Morgan fingerprint density at radius 3 is 2.87 bits per heavy atom. The summed E-state index contributed by atoms with van der Waals surface area (Å²) in [4.78, 5) is 11.5. The summed E-state index contributed by atoms with van der Waals surface area (Å²) in [6, 6.07) is 5.24. The van der Waals surface area contributed by atoms with Crippen molar-refractivity contribution in [3.63, 3.8) is 0 Å². The molecule has 30 heavy (non-hydrogen) atoms. The lowest BCUT2D eigenvalue weighted by Gasteiger charge is -2.62. The van der Waals surface area contributed by atoms with E-state index in [1.807, 2.05) is 13.0 Å². The Labute approximate surface area is 179 Å². The van der Waals surface area contributed by atoms with Gasteiger partial charge in [-0.2, -0.15) is 0 Å². The van der Waals surface area contributed by atoms with Crippen LogP contribution in [0.2, 0.25) is 0 Å². The fraction of sp³-hybridized carbons (Fsp3) is 0.640. The standard InChI is InChI=1S/C25H34O5/c1-16-5-7-18(23(26)27)20(13-16)29-12-10-19-17(2)6-8-21-24(19,3)11-9-22-25(21,4)14-28-15-30-22/h5,7,13,19,21-22H,2,6,8-12,14-15H2,1,3-4H3,(H,26,27)/t19?,21?,22?,24?,25-/m0/s1. The summed E-state index contributed by atoms with van der Waals surface area (Å²) in [6.45, 7) is 12.8. The van der Waals surface area contributed by atoms with Crippen LogP contribution in [0.4, 0.5) is 0 Å². The third-order valence-corrected chi connectivity index (χ3v) is 8.11. The number of aromatic carboxylic acids is 1. The molecule has 2 saturated carbocycles. The minimum absolute atomic E-state index is 0.0398. The molecule has 5 nitrogen and oxygen atoms in total. The van der Waals surface area contributed by atoms with Crippen molar-refractivity contribution in [3.05, 3.63) is 41.5 Å². The lowest BCUT2D eigenvalue weighted by molar-refractivity contribution is -0.260. The smallest absolute Gasteiger partial charge is 0.339 e. The van der Waals surface area contributed by atoms with Crippen molar-refractivity contribution >= 4 is 5.97 Å². The number of fused-ring (bicyclic) bond motifs is 3. The van der Waals surface area contributed by atoms with Gasteiger partial charge in [-0.3, -0.25) is 0 Å². The summed E-state index contributed by atoms with van der Waals surface area (Å²) in [5.41, 5.74) is 2.69. The maximum Gasteiger partial charge on any atom is 0.339 e. The van der Waals surface area contributed by atoms with E-state index in [1.165, 1.54) is 5.57 Å². The summed E-state index contributed by atoms with van der Waals surface area (Å²) >= 11 is 0. The topological polar surface area (TPSA) is 65.0 Å². The molecule has 3 aliphatic rings. The highest BCUT2D eigenvalue weighted by molar-refractivity contribution is 5.90. The van der Waals surface area contributed by atoms with Crippen molar-refractivity contribution in [2.75, 3.05) is 20.0 Å². The molecule has 4 unspecified atom stereocenters. The number of allylic oxidation sites excluding steroid dienone is 1. The fourth-order valence-electron chi connectivity index (χ4n) is 6.58. The van der Waals surface area contributed by atoms with Crippen LogP contribution in [0.3, 0.4) is 0 Å². The lowest BCUT2D eigenvalue weighted by Crippen LogP contribution is -2.60. The monoisotopic (exact) mass is 414 g/mol. The first-order chi connectivity index (χ1) is 14.3. The number of carboxylic acids is 1. The molecular formula is C25H34O5. The Hall–Kier alpha value is -1.85. The maximum atomic E-state index is 11.5. The number of carbonyl (C=O) groups is 1. The SMILES string of the molecule is C=C1CCC2C(C)(CCC3OCOC[C@]32C)C1CCOc1cc(C)ccc1C(=O)O. The zero-order valence-corrected chi connectivity index (χ0v) is 18.4. The summed E-state index contributed by atoms with van der Waals surface area (Å²) in [6.07, 6.45) is 5.45. The highest BCUT2D eigenvalue weighted by Gasteiger charge is 2.59. The highest BCUT2D eigenvalue weighted by Crippen LogP contribution is 2.62. The fourth-order valence-corrected chi connectivity index (χ4v) is 6.58. The molecule has 2 aliphatic carbocycles. The summed E-state index contributed by atoms with van der Waals surface area (Å²) < 4.78 is 17.8. The Morgan fingerprint density at radius 2 is 2.10 bits per heavy atom. The van der Waals surface area contributed by atoms with E-state index in [1.54, 1.807) is 12.1 Å². The van der Waals surface area contributed by atoms with E-state index in [2.05, 4.69) is 20.4 Å². The predicted octanol–water partition coefficient (Wildman–Crippen LogP) is 5.22. The molecular weight excluding hydrogens is 380 g/mol. The first kappa shape index (κ1) is 21.4. The third kappa shape index (κ3) is 3.56. The third-order valence-electron chi connectivity index (χ3n) is 8.11. The number of benzene rings is 1. The van der Waals surface area contributed by atoms with Gasteiger partial charge in [-0.05, 0) is 74.0 Å². The predicted molar refractivity (Wildman–Crippen MR) is 115 cm³/mol. The van der Waals surface area contributed by atoms with Crippen LogP contribution in [0.1, 0.15) is 61.9 Å². The van der Waals surface area contributed by atoms with Crippen LogP contribution in [0.25, 0.3) is 0 Å². The van der Waals surface area contributed by atoms with Crippen LogP contribution < -0.4 is 4.74 Å². The van der Waals surface area contributed by atoms with E-state index < -0.39 is 5.97 Å². The van der Waals surface area contributed by atoms with Crippen molar-refractivity contribution in [1.82, 2.24) is 0 Å². The molecule has 0 spiro atoms. The Bertz CT molecular complexity index is 833. The van der Waals surface area contributed by atoms with Crippen LogP contribution >= 0.6 is 0 Å². The van der Waals surface area contributed by atoms with Crippen LogP contribution in [0.15, 0.2) is 30.4 Å². The molecule has 0 bridgehead atoms. The molecule has 164 valence electrons. The average molecular weight is 415 g/mol. The van der Waals surface area contributed by atoms with Gasteiger partial charge in [0.05, 0.1) is 19.3 Å². The van der Waals surface area contributed by atoms with Crippen molar-refractivity contribution in [2.45, 2.75) is 59.0 Å². The van der Waals surface area contributed by atoms with E-state index in [0.29, 0.717) is 31.0 Å². The van der Waals surface area contributed by atoms with Gasteiger partial charge in [-0.15, -0.1) is 0 Å². The van der Waals surface area contributed by atoms with Crippen LogP contribution in [0, 0.1) is 29.6 Å². The minimum Gasteiger partial charge on any atom is -0.493 e. The van der Waals surface area contributed by atoms with Crippen molar-refractivity contribution < 1.29 is 24.1 Å². The van der Waals surface area contributed by atoms with Crippen molar-refractivity contribution in [2.24, 2.45) is 22.7 Å². The number of ether oxygens (including phenoxy) is 3. The van der Waals surface area contributed by atoms with Gasteiger partial charge in [-0.25, -0.2) is 4.79 Å². The quantitative estimate of drug-likeness (QED) is 0.669. The normalized spacial score (nSPS) is 36.0. The second-order valence-electron chi connectivity index (χ2n) is 9.92. The molecule has 0 aromatic heterocycles. The molecule has 1 aromatic rings. The number of carboxylic acid groups (broad SMARTS) is 1. The van der Waals surface area contributed by atoms with Crippen LogP contribution in [0.5, 0.6) is 5.75 Å². The Kier molecular flexibility index (Phi) is 5.71. The molecule has 0 amide bonds. The van der Waals surface area contributed by atoms with Gasteiger partial charge in [0, 0.05) is 5.41 Å². The maximum absolute atomic E-state index is 11.5. The molecule has 1 heterocycles. The van der Waals surface area contributed by atoms with Gasteiger partial charge in [0.2, 0.25) is 0 Å². The molecule has 5 atom stereocenters. The van der Waals surface area contributed by atoms with Crippen LogP contribution in [-0.2, 0) is 9.47 Å². The number of rotatable bonds is 5. The highest BCUT2D eigenvalue weighted by atomic mass is 16.7. The second kappa shape index (κ2) is 8.01. The van der Waals surface area contributed by atoms with Gasteiger partial charge >= 0.3 is 5.97 Å². The van der Waals surface area contributed by atoms with E-state index >= 15 is 0 Å². The number of aryl methyl sites for hydroxylation is 1. The Morgan fingerprint density at radius 1 is 1.30 bits per heavy atom. The van der Waals surface area contributed by atoms with E-state index in [4.69, 9.17) is 14.2 Å². The molecule has 1 aliphatic heterocycles. The average Bonchev–Trinajstić information content (AvgIpc) is 2.69. The summed E-state index contributed by atoms with van der Waals surface area (Å²) in [5, 5.41) is 9.46. The van der Waals surface area contributed by atoms with E-state index in [0.717, 1.165) is 44.3 Å². The number of hydrogen-bond donors (Lipinski definition) is 1. The Balaban J connectivity index is 1.51. The lowest BCUT2D eigenvalue weighted by atomic mass is 9.46. The van der Waals surface area contributed by atoms with Gasteiger partial charge in [-0.1, -0.05) is 32.1 Å². The zero-order valence-electron chi connectivity index (χ0n) is 18.4. The molecule has 3 fully saturated rings. The van der Waals surface area contributed by atoms with E-state index in [-0.39, 0.29) is 22.5 Å². The molecule has 4 rings (SSSR count). The van der Waals surface area contributed by atoms with Gasteiger partial charge in [0.1, 0.15) is 18.1 Å². The summed E-state index contributed by atoms with van der Waals surface area (Å²) in [7, 11) is 0. The van der Waals surface area contributed by atoms with Gasteiger partial charge < -0.3 is 19.3 Å². The van der Waals surface area contributed by atoms with Crippen molar-refractivity contribution in [1.29, 1.82) is 0 Å². The first-order valence-corrected chi connectivity index (χ1v) is 11.1. The van der Waals surface area contributed by atoms with E-state index in [9.17, 15) is 9.90 Å². The minimum atomic E-state index is -0.956. The van der Waals surface area contributed by atoms with Gasteiger partial charge in [0.25, 0.3) is 0 Å². The molecule has 1 N–H and O–H groups in total. The van der Waals surface area contributed by atoms with Gasteiger partial charge in [0.15, 0.2) is 0 Å². The van der Waals surface area contributed by atoms with Crippen LogP contribution in [-0.4, -0.2) is 37.2 Å². The number of hydrogen-bond acceptors (Lipinski definition) is 4. The first-order valence-electron chi connectivity index (χ1n) is 11.1. The molecule has 1 aromatic carbocycles. The second-order valence-corrected chi connectivity index (χ2v) is 9.92. The molecule has 1 saturated heterocycles. The van der Waals surface area contributed by atoms with Crippen molar-refractivity contribution in [3.8, 4) is 5.75 Å². The zero-order chi connectivity index (χ0) is 21.5.